The molecule has 6 nitrogen and oxygen atoms in total. The molecule has 2 aliphatic heterocycles. The lowest BCUT2D eigenvalue weighted by Crippen LogP contribution is -2.48. The molecule has 1 spiro atoms. The maximum atomic E-state index is 11.8. The number of nitrogens with zero attached hydrogens (tertiary/aromatic N) is 3. The molecular weight excluding hydrogens is 282 g/mol. The van der Waals surface area contributed by atoms with Gasteiger partial charge in [0.15, 0.2) is 0 Å². The van der Waals surface area contributed by atoms with Crippen molar-refractivity contribution in [1.29, 1.82) is 0 Å². The van der Waals surface area contributed by atoms with Crippen molar-refractivity contribution in [3.05, 3.63) is 0 Å². The monoisotopic (exact) mass is 311 g/mol. The zero-order valence-corrected chi connectivity index (χ0v) is 14.3. The van der Waals surface area contributed by atoms with Gasteiger partial charge < -0.3 is 14.5 Å². The third-order valence-corrected chi connectivity index (χ3v) is 5.34. The smallest absolute Gasteiger partial charge is 0.236 e. The van der Waals surface area contributed by atoms with E-state index in [1.165, 1.54) is 0 Å². The van der Waals surface area contributed by atoms with Crippen molar-refractivity contribution in [2.45, 2.75) is 19.8 Å². The van der Waals surface area contributed by atoms with Gasteiger partial charge in [0, 0.05) is 47.1 Å². The summed E-state index contributed by atoms with van der Waals surface area (Å²) in [7, 11) is 5.32. The Morgan fingerprint density at radius 3 is 2.41 bits per heavy atom. The zero-order valence-electron chi connectivity index (χ0n) is 14.3. The standard InChI is InChI=1S/C16H29N3O3/c1-13(20)19-9-14(11-22-4)16(12-19)5-7-18(8-6-16)10-15(21)17(2)3/h14H,5-12H2,1-4H3/t14-/m0/s1. The second kappa shape index (κ2) is 6.96. The minimum atomic E-state index is 0.154. The van der Waals surface area contributed by atoms with Crippen LogP contribution in [0.3, 0.4) is 0 Å². The molecule has 22 heavy (non-hydrogen) atoms. The molecule has 2 heterocycles. The van der Waals surface area contributed by atoms with Gasteiger partial charge >= 0.3 is 0 Å². The van der Waals surface area contributed by atoms with E-state index in [-0.39, 0.29) is 17.2 Å². The quantitative estimate of drug-likeness (QED) is 0.748. The first-order chi connectivity index (χ1) is 10.4. The summed E-state index contributed by atoms with van der Waals surface area (Å²) in [4.78, 5) is 29.4. The van der Waals surface area contributed by atoms with Crippen LogP contribution in [0, 0.1) is 11.3 Å². The van der Waals surface area contributed by atoms with Crippen molar-refractivity contribution in [2.24, 2.45) is 11.3 Å². The van der Waals surface area contributed by atoms with Crippen LogP contribution in [0.5, 0.6) is 0 Å². The van der Waals surface area contributed by atoms with Gasteiger partial charge in [-0.15, -0.1) is 0 Å². The first kappa shape index (κ1) is 17.2. The van der Waals surface area contributed by atoms with E-state index in [4.69, 9.17) is 4.74 Å². The molecule has 0 bridgehead atoms. The maximum Gasteiger partial charge on any atom is 0.236 e. The molecule has 0 aromatic heterocycles. The predicted octanol–water partition coefficient (Wildman–Crippen LogP) is 0.282. The molecule has 0 saturated carbocycles. The zero-order chi connectivity index (χ0) is 16.3. The van der Waals surface area contributed by atoms with Crippen molar-refractivity contribution in [2.75, 3.05) is 60.5 Å². The summed E-state index contributed by atoms with van der Waals surface area (Å²) in [6.45, 7) is 6.34. The Morgan fingerprint density at radius 1 is 1.27 bits per heavy atom. The Kier molecular flexibility index (Phi) is 5.45. The van der Waals surface area contributed by atoms with E-state index in [1.54, 1.807) is 33.0 Å². The fraction of sp³-hybridized carbons (Fsp3) is 0.875. The highest BCUT2D eigenvalue weighted by atomic mass is 16.5. The second-order valence-electron chi connectivity index (χ2n) is 6.98. The Balaban J connectivity index is 1.97. The molecule has 6 heteroatoms. The number of likely N-dealkylation sites (tertiary alicyclic amines) is 2. The molecule has 0 aromatic rings. The van der Waals surface area contributed by atoms with Crippen LogP contribution < -0.4 is 0 Å². The number of hydrogen-bond donors (Lipinski definition) is 0. The van der Waals surface area contributed by atoms with Gasteiger partial charge in [-0.2, -0.15) is 0 Å². The van der Waals surface area contributed by atoms with Crippen molar-refractivity contribution in [3.63, 3.8) is 0 Å². The number of piperidine rings is 1. The molecule has 126 valence electrons. The third-order valence-electron chi connectivity index (χ3n) is 5.34. The SMILES string of the molecule is COC[C@@H]1CN(C(C)=O)CC12CCN(CC(=O)N(C)C)CC2. The number of likely N-dealkylation sites (N-methyl/N-ethyl adjacent to an activating group) is 1. The Labute approximate surface area is 133 Å². The molecule has 2 rings (SSSR count). The van der Waals surface area contributed by atoms with Crippen LogP contribution in [0.1, 0.15) is 19.8 Å². The normalized spacial score (nSPS) is 24.7. The van der Waals surface area contributed by atoms with Crippen LogP contribution in [0.25, 0.3) is 0 Å². The molecule has 0 N–H and O–H groups in total. The Hall–Kier alpha value is -1.14. The molecule has 2 aliphatic rings. The van der Waals surface area contributed by atoms with Crippen LogP contribution in [0.4, 0.5) is 0 Å². The van der Waals surface area contributed by atoms with Gasteiger partial charge in [-0.05, 0) is 31.3 Å². The van der Waals surface area contributed by atoms with Gasteiger partial charge in [-0.25, -0.2) is 0 Å². The predicted molar refractivity (Wildman–Crippen MR) is 84.4 cm³/mol. The number of carbonyl (C=O) groups is 2. The van der Waals surface area contributed by atoms with E-state index in [9.17, 15) is 9.59 Å². The molecule has 2 saturated heterocycles. The van der Waals surface area contributed by atoms with Crippen molar-refractivity contribution < 1.29 is 14.3 Å². The molecule has 2 fully saturated rings. The number of rotatable bonds is 4. The summed E-state index contributed by atoms with van der Waals surface area (Å²) in [6.07, 6.45) is 2.07. The molecule has 0 aliphatic carbocycles. The number of ether oxygens (including phenoxy) is 1. The van der Waals surface area contributed by atoms with E-state index in [0.29, 0.717) is 19.1 Å². The maximum absolute atomic E-state index is 11.8. The minimum Gasteiger partial charge on any atom is -0.384 e. The van der Waals surface area contributed by atoms with Crippen LogP contribution in [-0.2, 0) is 14.3 Å². The highest BCUT2D eigenvalue weighted by Crippen LogP contribution is 2.44. The molecule has 0 radical (unpaired) electrons. The molecule has 0 unspecified atom stereocenters. The summed E-state index contributed by atoms with van der Waals surface area (Å²) in [6, 6.07) is 0. The van der Waals surface area contributed by atoms with Crippen LogP contribution in [0.2, 0.25) is 0 Å². The lowest BCUT2D eigenvalue weighted by molar-refractivity contribution is -0.130. The van der Waals surface area contributed by atoms with E-state index >= 15 is 0 Å². The van der Waals surface area contributed by atoms with Crippen LogP contribution in [0.15, 0.2) is 0 Å². The minimum absolute atomic E-state index is 0.154. The number of methoxy groups -OCH3 is 1. The topological polar surface area (TPSA) is 53.1 Å². The molecule has 1 atom stereocenters. The number of amides is 2. The second-order valence-corrected chi connectivity index (χ2v) is 6.98. The third kappa shape index (κ3) is 3.60. The van der Waals surface area contributed by atoms with Gasteiger partial charge in [0.25, 0.3) is 0 Å². The average molecular weight is 311 g/mol. The highest BCUT2D eigenvalue weighted by molar-refractivity contribution is 5.77. The largest absolute Gasteiger partial charge is 0.384 e. The Morgan fingerprint density at radius 2 is 1.91 bits per heavy atom. The van der Waals surface area contributed by atoms with Crippen LogP contribution in [-0.4, -0.2) is 87.0 Å². The lowest BCUT2D eigenvalue weighted by Gasteiger charge is -2.42. The van der Waals surface area contributed by atoms with Crippen molar-refractivity contribution in [1.82, 2.24) is 14.7 Å². The molecular formula is C16H29N3O3. The van der Waals surface area contributed by atoms with E-state index < -0.39 is 0 Å². The summed E-state index contributed by atoms with van der Waals surface area (Å²) in [5.41, 5.74) is 0.166. The summed E-state index contributed by atoms with van der Waals surface area (Å²) in [5, 5.41) is 0. The first-order valence-corrected chi connectivity index (χ1v) is 8.05. The summed E-state index contributed by atoms with van der Waals surface area (Å²) >= 11 is 0. The molecule has 0 aromatic carbocycles. The van der Waals surface area contributed by atoms with Crippen LogP contribution >= 0.6 is 0 Å². The lowest BCUT2D eigenvalue weighted by atomic mass is 9.71. The van der Waals surface area contributed by atoms with Gasteiger partial charge in [0.1, 0.15) is 0 Å². The van der Waals surface area contributed by atoms with Gasteiger partial charge in [-0.1, -0.05) is 0 Å². The molecule has 2 amide bonds. The van der Waals surface area contributed by atoms with E-state index in [2.05, 4.69) is 4.90 Å². The van der Waals surface area contributed by atoms with Gasteiger partial charge in [0.2, 0.25) is 11.8 Å². The highest BCUT2D eigenvalue weighted by Gasteiger charge is 2.48. The first-order valence-electron chi connectivity index (χ1n) is 8.05. The summed E-state index contributed by atoms with van der Waals surface area (Å²) in [5.74, 6) is 0.720. The van der Waals surface area contributed by atoms with Gasteiger partial charge in [0.05, 0.1) is 13.2 Å². The summed E-state index contributed by atoms with van der Waals surface area (Å²) < 4.78 is 5.39. The van der Waals surface area contributed by atoms with E-state index in [1.807, 2.05) is 4.90 Å². The van der Waals surface area contributed by atoms with Crippen molar-refractivity contribution in [3.8, 4) is 0 Å². The van der Waals surface area contributed by atoms with E-state index in [0.717, 1.165) is 39.0 Å². The van der Waals surface area contributed by atoms with Crippen molar-refractivity contribution >= 4 is 11.8 Å². The fourth-order valence-electron chi connectivity index (χ4n) is 3.76. The fourth-order valence-corrected chi connectivity index (χ4v) is 3.76. The number of hydrogen-bond acceptors (Lipinski definition) is 4. The van der Waals surface area contributed by atoms with Gasteiger partial charge in [-0.3, -0.25) is 14.5 Å². The number of carbonyl (C=O) groups excluding carboxylic acids is 2. The Bertz CT molecular complexity index is 417. The average Bonchev–Trinajstić information content (AvgIpc) is 2.81.